The summed E-state index contributed by atoms with van der Waals surface area (Å²) in [6, 6.07) is 7.19. The molecule has 0 aliphatic carbocycles. The summed E-state index contributed by atoms with van der Waals surface area (Å²) < 4.78 is 17.4. The van der Waals surface area contributed by atoms with E-state index in [1.165, 1.54) is 23.2 Å². The van der Waals surface area contributed by atoms with Crippen molar-refractivity contribution >= 4 is 92.2 Å². The van der Waals surface area contributed by atoms with Crippen molar-refractivity contribution in [1.82, 2.24) is 53.6 Å². The lowest BCUT2D eigenvalue weighted by Gasteiger charge is -2.20. The zero-order valence-corrected chi connectivity index (χ0v) is 42.5. The number of rotatable bonds is 23. The summed E-state index contributed by atoms with van der Waals surface area (Å²) in [5.74, 6) is -2.78. The van der Waals surface area contributed by atoms with Crippen molar-refractivity contribution in [3.63, 3.8) is 0 Å². The molecule has 1 aromatic carbocycles. The standard InChI is InChI=1S/C49H55N15O10S/c1-6-32-40(74-26(4)55-32)46(69)58-49-57-34-20-27(41(51)67)21-35(73-18-10-14-60(5)37(65)13-17-61-38(66)22-36(47(61)70)75-24-31(50)48(71)72)39(34)62(49)15-8-9-16-63-43-30(19-28(23-53-43)42(52)68)29-11-12-33(56-44(29)63)45-54-25(3)59-64(45)7-2/h8-9,11-12,19-21,23,31,36H,6-7,10,13-18,22,24,50H2,1-5H3,(H2,51,67)(H2,52,68)(H,71,72)(H,57,58,69)/b9-8+/t31-,36?/m0/s1. The molecule has 392 valence electrons. The first-order chi connectivity index (χ1) is 35.9. The van der Waals surface area contributed by atoms with Gasteiger partial charge in [0, 0.05) is 87.8 Å². The molecule has 7 heterocycles. The molecule has 25 nitrogen and oxygen atoms in total. The summed E-state index contributed by atoms with van der Waals surface area (Å²) in [4.78, 5) is 115. The van der Waals surface area contributed by atoms with E-state index in [9.17, 15) is 33.6 Å². The number of carbonyl (C=O) groups excluding carboxylic acids is 6. The molecule has 1 unspecified atom stereocenters. The predicted octanol–water partition coefficient (Wildman–Crippen LogP) is 2.98. The number of benzene rings is 1. The van der Waals surface area contributed by atoms with Crippen LogP contribution in [0.2, 0.25) is 0 Å². The summed E-state index contributed by atoms with van der Waals surface area (Å²) in [5, 5.41) is 17.0. The quantitative estimate of drug-likeness (QED) is 0.0349. The molecule has 6 aromatic heterocycles. The maximum atomic E-state index is 13.9. The van der Waals surface area contributed by atoms with E-state index in [-0.39, 0.29) is 91.4 Å². The minimum atomic E-state index is -1.22. The molecular weight excluding hydrogens is 991 g/mol. The molecule has 1 aliphatic rings. The molecule has 26 heteroatoms. The highest BCUT2D eigenvalue weighted by Crippen LogP contribution is 2.33. The monoisotopic (exact) mass is 1050 g/mol. The molecule has 0 bridgehead atoms. The van der Waals surface area contributed by atoms with Crippen LogP contribution in [-0.4, -0.2) is 144 Å². The highest BCUT2D eigenvalue weighted by atomic mass is 32.2. The average Bonchev–Trinajstić information content (AvgIpc) is 4.20. The van der Waals surface area contributed by atoms with Gasteiger partial charge in [-0.05, 0) is 57.0 Å². The van der Waals surface area contributed by atoms with Crippen molar-refractivity contribution in [2.75, 3.05) is 37.8 Å². The van der Waals surface area contributed by atoms with Crippen molar-refractivity contribution in [1.29, 1.82) is 0 Å². The maximum Gasteiger partial charge on any atom is 0.321 e. The van der Waals surface area contributed by atoms with Gasteiger partial charge in [-0.3, -0.25) is 43.8 Å². The number of carbonyl (C=O) groups is 7. The zero-order chi connectivity index (χ0) is 53.8. The lowest BCUT2D eigenvalue weighted by atomic mass is 10.1. The van der Waals surface area contributed by atoms with E-state index in [2.05, 4.69) is 25.4 Å². The number of thioether (sulfide) groups is 1. The van der Waals surface area contributed by atoms with Crippen LogP contribution >= 0.6 is 11.8 Å². The smallest absolute Gasteiger partial charge is 0.321 e. The van der Waals surface area contributed by atoms with E-state index in [0.29, 0.717) is 70.5 Å². The normalized spacial score (nSPS) is 14.2. The molecule has 0 saturated carbocycles. The van der Waals surface area contributed by atoms with Crippen LogP contribution in [0.3, 0.4) is 0 Å². The molecule has 0 spiro atoms. The van der Waals surface area contributed by atoms with Gasteiger partial charge >= 0.3 is 5.97 Å². The summed E-state index contributed by atoms with van der Waals surface area (Å²) in [6.07, 6.45) is 5.59. The van der Waals surface area contributed by atoms with Gasteiger partial charge in [-0.25, -0.2) is 29.6 Å². The number of aliphatic carboxylic acids is 1. The number of imidazole rings is 1. The number of allylic oxidation sites excluding steroid dienone is 2. The second-order valence-electron chi connectivity index (χ2n) is 17.6. The number of amides is 6. The van der Waals surface area contributed by atoms with Crippen LogP contribution < -0.4 is 27.3 Å². The number of nitrogens with one attached hydrogen (secondary N) is 1. The fourth-order valence-electron chi connectivity index (χ4n) is 8.61. The van der Waals surface area contributed by atoms with Gasteiger partial charge in [0.05, 0.1) is 28.6 Å². The van der Waals surface area contributed by atoms with Crippen LogP contribution in [0.25, 0.3) is 44.6 Å². The third-order valence-corrected chi connectivity index (χ3v) is 13.7. The number of oxazole rings is 1. The van der Waals surface area contributed by atoms with Crippen molar-refractivity contribution in [3.05, 3.63) is 83.0 Å². The number of aryl methyl sites for hydroxylation is 4. The molecule has 1 aliphatic heterocycles. The van der Waals surface area contributed by atoms with Gasteiger partial charge in [0.2, 0.25) is 41.2 Å². The Bertz CT molecular complexity index is 3450. The summed E-state index contributed by atoms with van der Waals surface area (Å²) >= 11 is 0.998. The highest BCUT2D eigenvalue weighted by Gasteiger charge is 2.39. The predicted molar refractivity (Wildman–Crippen MR) is 275 cm³/mol. The molecule has 0 radical (unpaired) electrons. The molecule has 8 N–H and O–H groups in total. The Hall–Kier alpha value is -8.52. The molecule has 6 amide bonds. The number of likely N-dealkylation sites (tertiary alicyclic amines) is 1. The molecule has 75 heavy (non-hydrogen) atoms. The maximum absolute atomic E-state index is 13.9. The van der Waals surface area contributed by atoms with Crippen LogP contribution in [0, 0.1) is 13.8 Å². The Morgan fingerprint density at radius 2 is 1.72 bits per heavy atom. The van der Waals surface area contributed by atoms with Gasteiger partial charge in [-0.15, -0.1) is 11.8 Å². The van der Waals surface area contributed by atoms with Crippen LogP contribution in [0.5, 0.6) is 5.75 Å². The number of imide groups is 1. The molecule has 1 fully saturated rings. The Morgan fingerprint density at radius 1 is 0.973 bits per heavy atom. The number of primary amides is 2. The Balaban J connectivity index is 1.05. The first-order valence-electron chi connectivity index (χ1n) is 24.0. The number of fused-ring (bicyclic) bond motifs is 4. The van der Waals surface area contributed by atoms with Crippen LogP contribution in [-0.2, 0) is 45.2 Å². The van der Waals surface area contributed by atoms with E-state index in [1.54, 1.807) is 36.2 Å². The lowest BCUT2D eigenvalue weighted by Crippen LogP contribution is -2.37. The van der Waals surface area contributed by atoms with Crippen LogP contribution in [0.15, 0.2) is 53.1 Å². The van der Waals surface area contributed by atoms with Crippen molar-refractivity contribution in [2.24, 2.45) is 17.2 Å². The SMILES string of the molecule is CCc1nc(C)oc1C(=O)Nc1nc2cc(C(N)=O)cc(OCCCN(C)C(=O)CCN3C(=O)CC(SC[C@H](N)C(=O)O)C3=O)c2n1C/C=C/Cn1c2ncc(C(N)=O)cc2c2ccc(-c3nc(C)nn3CC)nc21. The van der Waals surface area contributed by atoms with Gasteiger partial charge in [0.1, 0.15) is 40.1 Å². The zero-order valence-electron chi connectivity index (χ0n) is 41.7. The Kier molecular flexibility index (Phi) is 15.7. The number of hydrogen-bond acceptors (Lipinski definition) is 17. The highest BCUT2D eigenvalue weighted by molar-refractivity contribution is 8.00. The summed E-state index contributed by atoms with van der Waals surface area (Å²) in [6.45, 7) is 8.24. The molecular formula is C49H55N15O10S. The van der Waals surface area contributed by atoms with Crippen molar-refractivity contribution in [3.8, 4) is 17.3 Å². The second-order valence-corrected chi connectivity index (χ2v) is 18.8. The number of ether oxygens (including phenoxy) is 1. The minimum absolute atomic E-state index is 0.00898. The Morgan fingerprint density at radius 3 is 2.43 bits per heavy atom. The summed E-state index contributed by atoms with van der Waals surface area (Å²) in [7, 11) is 1.58. The van der Waals surface area contributed by atoms with E-state index in [4.69, 9.17) is 41.4 Å². The van der Waals surface area contributed by atoms with E-state index >= 15 is 0 Å². The van der Waals surface area contributed by atoms with Gasteiger partial charge in [-0.1, -0.05) is 19.1 Å². The first kappa shape index (κ1) is 52.8. The molecule has 1 saturated heterocycles. The van der Waals surface area contributed by atoms with E-state index < -0.39 is 46.8 Å². The fourth-order valence-corrected chi connectivity index (χ4v) is 9.72. The minimum Gasteiger partial charge on any atom is -0.491 e. The third kappa shape index (κ3) is 11.2. The summed E-state index contributed by atoms with van der Waals surface area (Å²) in [5.41, 5.74) is 20.1. The van der Waals surface area contributed by atoms with Crippen LogP contribution in [0.1, 0.15) is 81.8 Å². The van der Waals surface area contributed by atoms with Gasteiger partial charge in [0.15, 0.2) is 11.7 Å². The number of carboxylic acid groups (broad SMARTS) is 1. The van der Waals surface area contributed by atoms with Gasteiger partial charge in [0.25, 0.3) is 5.91 Å². The van der Waals surface area contributed by atoms with Crippen molar-refractivity contribution in [2.45, 2.75) is 84.3 Å². The van der Waals surface area contributed by atoms with Gasteiger partial charge in [-0.2, -0.15) is 5.10 Å². The first-order valence-corrected chi connectivity index (χ1v) is 25.0. The number of hydrogen-bond donors (Lipinski definition) is 5. The van der Waals surface area contributed by atoms with Crippen molar-refractivity contribution < 1.29 is 47.8 Å². The third-order valence-electron chi connectivity index (χ3n) is 12.4. The molecule has 7 aromatic rings. The largest absolute Gasteiger partial charge is 0.491 e. The van der Waals surface area contributed by atoms with E-state index in [1.807, 2.05) is 42.7 Å². The number of nitrogens with zero attached hydrogens (tertiary/aromatic N) is 11. The number of pyridine rings is 2. The molecule has 8 rings (SSSR count). The van der Waals surface area contributed by atoms with Gasteiger partial charge < -0.3 is 45.5 Å². The number of aromatic nitrogens is 9. The lowest BCUT2D eigenvalue weighted by molar-refractivity contribution is -0.140. The average molecular weight is 1050 g/mol. The fraction of sp³-hybridized carbons (Fsp3) is 0.367. The van der Waals surface area contributed by atoms with Crippen LogP contribution in [0.4, 0.5) is 5.95 Å². The topological polar surface area (TPSA) is 351 Å². The number of anilines is 1. The Labute approximate surface area is 431 Å². The molecule has 2 atom stereocenters. The number of carboxylic acids is 1. The number of nitrogens with two attached hydrogens (primary N) is 3. The second kappa shape index (κ2) is 22.3. The van der Waals surface area contributed by atoms with E-state index in [0.717, 1.165) is 22.0 Å².